The first kappa shape index (κ1) is 9.25. The molecule has 1 rings (SSSR count). The number of esters is 1. The highest BCUT2D eigenvalue weighted by Gasteiger charge is 2.01. The molecule has 13 heavy (non-hydrogen) atoms. The molecule has 1 aromatic heterocycles. The number of nitrogens with zero attached hydrogens (tertiary/aromatic N) is 1. The Kier molecular flexibility index (Phi) is 3.03. The van der Waals surface area contributed by atoms with Gasteiger partial charge in [-0.2, -0.15) is 0 Å². The van der Waals surface area contributed by atoms with E-state index in [0.29, 0.717) is 5.75 Å². The molecule has 68 valence electrons. The number of carbonyl (C=O) groups excluding carboxylic acids is 1. The Morgan fingerprint density at radius 3 is 3.08 bits per heavy atom. The van der Waals surface area contributed by atoms with Crippen LogP contribution in [-0.2, 0) is 4.79 Å². The number of hydrogen-bond acceptors (Lipinski definition) is 4. The number of aromatic nitrogens is 1. The molecule has 1 aromatic rings. The van der Waals surface area contributed by atoms with Crippen LogP contribution in [0.5, 0.6) is 11.6 Å². The van der Waals surface area contributed by atoms with Gasteiger partial charge in [-0.25, -0.2) is 9.78 Å². The highest BCUT2D eigenvalue weighted by atomic mass is 16.5. The molecule has 4 nitrogen and oxygen atoms in total. The maximum absolute atomic E-state index is 10.8. The van der Waals surface area contributed by atoms with Crippen molar-refractivity contribution in [3.63, 3.8) is 0 Å². The lowest BCUT2D eigenvalue weighted by Crippen LogP contribution is -2.04. The molecule has 0 unspecified atom stereocenters. The molecule has 0 radical (unpaired) electrons. The van der Waals surface area contributed by atoms with Gasteiger partial charge in [-0.05, 0) is 6.07 Å². The van der Waals surface area contributed by atoms with E-state index in [-0.39, 0.29) is 5.88 Å². The standard InChI is InChI=1S/C9H9NO3/c1-3-9(11)13-8-6-7(12-2)4-5-10-8/h3-6H,1H2,2H3. The second-order valence-corrected chi connectivity index (χ2v) is 2.16. The zero-order chi connectivity index (χ0) is 9.68. The number of carbonyl (C=O) groups is 1. The highest BCUT2D eigenvalue weighted by Crippen LogP contribution is 2.15. The van der Waals surface area contributed by atoms with Gasteiger partial charge in [0.2, 0.25) is 5.88 Å². The summed E-state index contributed by atoms with van der Waals surface area (Å²) in [5.41, 5.74) is 0. The maximum atomic E-state index is 10.8. The van der Waals surface area contributed by atoms with Crippen molar-refractivity contribution in [2.45, 2.75) is 0 Å². The van der Waals surface area contributed by atoms with E-state index in [1.807, 2.05) is 0 Å². The molecule has 0 saturated carbocycles. The average Bonchev–Trinajstić information content (AvgIpc) is 2.18. The fraction of sp³-hybridized carbons (Fsp3) is 0.111. The van der Waals surface area contributed by atoms with Crippen molar-refractivity contribution in [1.29, 1.82) is 0 Å². The maximum Gasteiger partial charge on any atom is 0.336 e. The Morgan fingerprint density at radius 2 is 2.46 bits per heavy atom. The van der Waals surface area contributed by atoms with E-state index in [1.165, 1.54) is 19.4 Å². The number of hydrogen-bond donors (Lipinski definition) is 0. The van der Waals surface area contributed by atoms with Gasteiger partial charge in [0, 0.05) is 18.3 Å². The van der Waals surface area contributed by atoms with E-state index in [4.69, 9.17) is 9.47 Å². The summed E-state index contributed by atoms with van der Waals surface area (Å²) in [6, 6.07) is 3.17. The fourth-order valence-corrected chi connectivity index (χ4v) is 0.719. The van der Waals surface area contributed by atoms with Crippen LogP contribution in [0.1, 0.15) is 0 Å². The number of rotatable bonds is 3. The van der Waals surface area contributed by atoms with E-state index in [9.17, 15) is 4.79 Å². The van der Waals surface area contributed by atoms with Crippen molar-refractivity contribution >= 4 is 5.97 Å². The Hall–Kier alpha value is -1.84. The van der Waals surface area contributed by atoms with Crippen LogP contribution in [0.15, 0.2) is 31.0 Å². The van der Waals surface area contributed by atoms with Gasteiger partial charge in [-0.3, -0.25) is 0 Å². The fourth-order valence-electron chi connectivity index (χ4n) is 0.719. The van der Waals surface area contributed by atoms with Gasteiger partial charge in [-0.15, -0.1) is 0 Å². The molecule has 0 aliphatic carbocycles. The lowest BCUT2D eigenvalue weighted by atomic mass is 10.4. The summed E-state index contributed by atoms with van der Waals surface area (Å²) in [6.45, 7) is 3.27. The van der Waals surface area contributed by atoms with Crippen molar-refractivity contribution in [3.8, 4) is 11.6 Å². The zero-order valence-electron chi connectivity index (χ0n) is 7.19. The van der Waals surface area contributed by atoms with Crippen LogP contribution in [0.2, 0.25) is 0 Å². The average molecular weight is 179 g/mol. The molecule has 1 heterocycles. The molecule has 0 N–H and O–H groups in total. The topological polar surface area (TPSA) is 48.4 Å². The molecule has 0 aliphatic rings. The third kappa shape index (κ3) is 2.59. The molecule has 4 heteroatoms. The summed E-state index contributed by atoms with van der Waals surface area (Å²) in [5.74, 6) is 0.242. The smallest absolute Gasteiger partial charge is 0.336 e. The zero-order valence-corrected chi connectivity index (χ0v) is 7.19. The van der Waals surface area contributed by atoms with Gasteiger partial charge in [-0.1, -0.05) is 6.58 Å². The summed E-state index contributed by atoms with van der Waals surface area (Å²) in [7, 11) is 1.52. The normalized spacial score (nSPS) is 9.00. The van der Waals surface area contributed by atoms with Crippen molar-refractivity contribution in [1.82, 2.24) is 4.98 Å². The molecular formula is C9H9NO3. The summed E-state index contributed by atoms with van der Waals surface area (Å²) in [6.07, 6.45) is 2.56. The van der Waals surface area contributed by atoms with E-state index in [0.717, 1.165) is 6.08 Å². The van der Waals surface area contributed by atoms with Crippen molar-refractivity contribution < 1.29 is 14.3 Å². The van der Waals surface area contributed by atoms with Crippen LogP contribution < -0.4 is 9.47 Å². The largest absolute Gasteiger partial charge is 0.497 e. The molecule has 0 amide bonds. The number of methoxy groups -OCH3 is 1. The predicted octanol–water partition coefficient (Wildman–Crippen LogP) is 1.18. The lowest BCUT2D eigenvalue weighted by Gasteiger charge is -2.01. The van der Waals surface area contributed by atoms with Crippen LogP contribution >= 0.6 is 0 Å². The summed E-state index contributed by atoms with van der Waals surface area (Å²) >= 11 is 0. The molecule has 0 atom stereocenters. The Balaban J connectivity index is 2.77. The Labute approximate surface area is 75.8 Å². The summed E-state index contributed by atoms with van der Waals surface area (Å²) < 4.78 is 9.67. The third-order valence-corrected chi connectivity index (χ3v) is 1.31. The first-order valence-corrected chi connectivity index (χ1v) is 3.60. The van der Waals surface area contributed by atoms with Gasteiger partial charge in [0.15, 0.2) is 0 Å². The summed E-state index contributed by atoms with van der Waals surface area (Å²) in [5, 5.41) is 0. The molecular weight excluding hydrogens is 170 g/mol. The molecule has 0 spiro atoms. The third-order valence-electron chi connectivity index (χ3n) is 1.31. The number of pyridine rings is 1. The summed E-state index contributed by atoms with van der Waals surface area (Å²) in [4.78, 5) is 14.6. The minimum Gasteiger partial charge on any atom is -0.497 e. The Bertz CT molecular complexity index is 322. The molecule has 0 fully saturated rings. The van der Waals surface area contributed by atoms with Gasteiger partial charge in [0.1, 0.15) is 5.75 Å². The first-order valence-electron chi connectivity index (χ1n) is 3.60. The minimum absolute atomic E-state index is 0.198. The lowest BCUT2D eigenvalue weighted by molar-refractivity contribution is -0.129. The Morgan fingerprint density at radius 1 is 1.69 bits per heavy atom. The quantitative estimate of drug-likeness (QED) is 0.516. The molecule has 0 bridgehead atoms. The van der Waals surface area contributed by atoms with Crippen LogP contribution in [0.3, 0.4) is 0 Å². The van der Waals surface area contributed by atoms with E-state index >= 15 is 0 Å². The van der Waals surface area contributed by atoms with Crippen LogP contribution in [0.25, 0.3) is 0 Å². The van der Waals surface area contributed by atoms with Gasteiger partial charge in [0.25, 0.3) is 0 Å². The molecule has 0 aliphatic heterocycles. The van der Waals surface area contributed by atoms with E-state index in [2.05, 4.69) is 11.6 Å². The van der Waals surface area contributed by atoms with Crippen molar-refractivity contribution in [3.05, 3.63) is 31.0 Å². The highest BCUT2D eigenvalue weighted by molar-refractivity contribution is 5.83. The van der Waals surface area contributed by atoms with Gasteiger partial charge < -0.3 is 9.47 Å². The van der Waals surface area contributed by atoms with E-state index in [1.54, 1.807) is 6.07 Å². The predicted molar refractivity (Wildman–Crippen MR) is 46.6 cm³/mol. The van der Waals surface area contributed by atoms with Crippen molar-refractivity contribution in [2.24, 2.45) is 0 Å². The second kappa shape index (κ2) is 4.25. The van der Waals surface area contributed by atoms with Gasteiger partial charge in [0.05, 0.1) is 7.11 Å². The number of ether oxygens (including phenoxy) is 2. The van der Waals surface area contributed by atoms with E-state index < -0.39 is 5.97 Å². The molecule has 0 aromatic carbocycles. The van der Waals surface area contributed by atoms with Crippen LogP contribution in [-0.4, -0.2) is 18.1 Å². The monoisotopic (exact) mass is 179 g/mol. The van der Waals surface area contributed by atoms with Gasteiger partial charge >= 0.3 is 5.97 Å². The van der Waals surface area contributed by atoms with Crippen molar-refractivity contribution in [2.75, 3.05) is 7.11 Å². The van der Waals surface area contributed by atoms with Crippen LogP contribution in [0, 0.1) is 0 Å². The minimum atomic E-state index is -0.541. The second-order valence-electron chi connectivity index (χ2n) is 2.16. The molecule has 0 saturated heterocycles. The SMILES string of the molecule is C=CC(=O)Oc1cc(OC)ccn1. The first-order chi connectivity index (χ1) is 6.26. The van der Waals surface area contributed by atoms with Crippen LogP contribution in [0.4, 0.5) is 0 Å².